The molecule has 0 aliphatic carbocycles. The summed E-state index contributed by atoms with van der Waals surface area (Å²) in [6, 6.07) is 6.43. The van der Waals surface area contributed by atoms with Crippen LogP contribution in [0.25, 0.3) is 0 Å². The number of nitrogens with two attached hydrogens (primary N) is 1. The third-order valence-electron chi connectivity index (χ3n) is 1.11. The topological polar surface area (TPSA) is 63.3 Å². The monoisotopic (exact) mass is 246 g/mol. The summed E-state index contributed by atoms with van der Waals surface area (Å²) >= 11 is -3.24. The molecule has 1 radical (unpaired) electrons. The van der Waals surface area contributed by atoms with Crippen molar-refractivity contribution < 1.29 is 6.40 Å². The van der Waals surface area contributed by atoms with Crippen LogP contribution in [0.2, 0.25) is 0 Å². The molecule has 0 spiro atoms. The van der Waals surface area contributed by atoms with Crippen molar-refractivity contribution in [1.29, 1.82) is 0 Å². The van der Waals surface area contributed by atoms with Crippen LogP contribution in [-0.2, 0) is 3.02 Å². The van der Waals surface area contributed by atoms with E-state index in [1.54, 1.807) is 24.3 Å². The Kier molecular flexibility index (Phi) is 2.41. The van der Waals surface area contributed by atoms with E-state index in [4.69, 9.17) is 9.12 Å². The Labute approximate surface area is 66.4 Å². The normalized spacial score (nSPS) is 9.30. The van der Waals surface area contributed by atoms with E-state index in [0.29, 0.717) is 9.20 Å². The SMILES string of the molecule is Nc1cc[c]([Sb](=[O])[OH])cc1. The average molecular weight is 247 g/mol. The zero-order chi connectivity index (χ0) is 7.56. The zero-order valence-corrected chi connectivity index (χ0v) is 7.74. The molecule has 0 unspecified atom stereocenters. The molecule has 0 saturated heterocycles. The van der Waals surface area contributed by atoms with E-state index in [0.717, 1.165) is 0 Å². The van der Waals surface area contributed by atoms with Crippen LogP contribution in [0.5, 0.6) is 0 Å². The summed E-state index contributed by atoms with van der Waals surface area (Å²) in [4.78, 5) is 0. The molecular weight excluding hydrogens is 240 g/mol. The van der Waals surface area contributed by atoms with Gasteiger partial charge in [0.1, 0.15) is 0 Å². The summed E-state index contributed by atoms with van der Waals surface area (Å²) in [5.74, 6) is 0. The summed E-state index contributed by atoms with van der Waals surface area (Å²) in [6.45, 7) is 0. The third-order valence-corrected chi connectivity index (χ3v) is 3.23. The Bertz CT molecular complexity index is 244. The number of hydrogen-bond donors (Lipinski definition) is 2. The first-order valence-electron chi connectivity index (χ1n) is 2.72. The fourth-order valence-electron chi connectivity index (χ4n) is 0.602. The van der Waals surface area contributed by atoms with Gasteiger partial charge in [0.2, 0.25) is 0 Å². The molecule has 0 aliphatic rings. The Balaban J connectivity index is 3.00. The molecule has 0 saturated carbocycles. The second-order valence-corrected chi connectivity index (χ2v) is 4.90. The second-order valence-electron chi connectivity index (χ2n) is 1.86. The minimum absolute atomic E-state index is 0.525. The fraction of sp³-hybridized carbons (Fsp3) is 0. The van der Waals surface area contributed by atoms with E-state index in [1.165, 1.54) is 0 Å². The second kappa shape index (κ2) is 3.13. The number of benzene rings is 1. The van der Waals surface area contributed by atoms with Gasteiger partial charge in [-0.05, 0) is 0 Å². The van der Waals surface area contributed by atoms with E-state index in [1.807, 2.05) is 0 Å². The van der Waals surface area contributed by atoms with Crippen molar-refractivity contribution in [3.05, 3.63) is 24.3 Å². The van der Waals surface area contributed by atoms with E-state index < -0.39 is 20.6 Å². The van der Waals surface area contributed by atoms with Crippen molar-refractivity contribution in [1.82, 2.24) is 0 Å². The predicted molar refractivity (Wildman–Crippen MR) is 39.1 cm³/mol. The minimum atomic E-state index is -3.24. The Hall–Kier alpha value is -0.402. The van der Waals surface area contributed by atoms with Crippen LogP contribution in [0, 0.1) is 0 Å². The Morgan fingerprint density at radius 3 is 2.20 bits per heavy atom. The van der Waals surface area contributed by atoms with Crippen LogP contribution in [0.1, 0.15) is 0 Å². The van der Waals surface area contributed by atoms with E-state index in [-0.39, 0.29) is 0 Å². The molecule has 0 amide bonds. The summed E-state index contributed by atoms with van der Waals surface area (Å²) in [7, 11) is 0. The van der Waals surface area contributed by atoms with Gasteiger partial charge in [-0.2, -0.15) is 0 Å². The third kappa shape index (κ3) is 1.79. The van der Waals surface area contributed by atoms with Crippen molar-refractivity contribution >= 4 is 29.8 Å². The summed E-state index contributed by atoms with van der Waals surface area (Å²) < 4.78 is 19.8. The van der Waals surface area contributed by atoms with Crippen molar-refractivity contribution in [2.75, 3.05) is 5.73 Å². The standard InChI is InChI=1S/C6H6N.H2O.O.Sb/c7-6-4-2-1-3-5-6;;;/h2-5H,7H2;1H2;;/q;;;+1/p-1. The number of hydrogen-bond acceptors (Lipinski definition) is 2. The molecule has 53 valence electrons. The quantitative estimate of drug-likeness (QED) is 0.513. The molecule has 10 heavy (non-hydrogen) atoms. The van der Waals surface area contributed by atoms with Crippen molar-refractivity contribution in [3.8, 4) is 0 Å². The molecule has 0 heterocycles. The molecule has 0 aromatic heterocycles. The molecule has 0 atom stereocenters. The van der Waals surface area contributed by atoms with Gasteiger partial charge in [0.15, 0.2) is 0 Å². The maximum atomic E-state index is 10.5. The van der Waals surface area contributed by atoms with Crippen molar-refractivity contribution in [3.63, 3.8) is 0 Å². The number of rotatable bonds is 1. The molecule has 0 fully saturated rings. The molecular formula is C6H7NO2Sb. The maximum absolute atomic E-state index is 10.5. The van der Waals surface area contributed by atoms with E-state index >= 15 is 0 Å². The van der Waals surface area contributed by atoms with Crippen LogP contribution in [-0.4, -0.2) is 24.0 Å². The molecule has 0 bridgehead atoms. The van der Waals surface area contributed by atoms with E-state index in [2.05, 4.69) is 0 Å². The van der Waals surface area contributed by atoms with Gasteiger partial charge in [-0.25, -0.2) is 0 Å². The Morgan fingerprint density at radius 2 is 1.80 bits per heavy atom. The Morgan fingerprint density at radius 1 is 1.30 bits per heavy atom. The first-order chi connectivity index (χ1) is 4.70. The predicted octanol–water partition coefficient (Wildman–Crippen LogP) is -0.613. The summed E-state index contributed by atoms with van der Waals surface area (Å²) in [6.07, 6.45) is 0. The van der Waals surface area contributed by atoms with E-state index in [9.17, 15) is 3.02 Å². The van der Waals surface area contributed by atoms with Crippen molar-refractivity contribution in [2.24, 2.45) is 0 Å². The molecule has 1 aromatic carbocycles. The molecule has 0 aliphatic heterocycles. The van der Waals surface area contributed by atoms with Gasteiger partial charge in [-0.15, -0.1) is 0 Å². The van der Waals surface area contributed by atoms with Gasteiger partial charge in [0, 0.05) is 0 Å². The fourth-order valence-corrected chi connectivity index (χ4v) is 1.76. The van der Waals surface area contributed by atoms with Crippen LogP contribution in [0.4, 0.5) is 5.69 Å². The molecule has 1 aromatic rings. The molecule has 3 N–H and O–H groups in total. The van der Waals surface area contributed by atoms with Gasteiger partial charge in [-0.1, -0.05) is 0 Å². The summed E-state index contributed by atoms with van der Waals surface area (Å²) in [5.41, 5.74) is 5.98. The van der Waals surface area contributed by atoms with Gasteiger partial charge in [-0.3, -0.25) is 0 Å². The molecule has 4 heteroatoms. The van der Waals surface area contributed by atoms with Gasteiger partial charge >= 0.3 is 66.2 Å². The summed E-state index contributed by atoms with van der Waals surface area (Å²) in [5, 5.41) is 0. The van der Waals surface area contributed by atoms with Gasteiger partial charge in [0.05, 0.1) is 0 Å². The molecule has 3 nitrogen and oxygen atoms in total. The average Bonchev–Trinajstić information content (AvgIpc) is 1.88. The van der Waals surface area contributed by atoms with Crippen LogP contribution in [0.3, 0.4) is 0 Å². The first-order valence-corrected chi connectivity index (χ1v) is 6.18. The van der Waals surface area contributed by atoms with Crippen molar-refractivity contribution in [2.45, 2.75) is 0 Å². The van der Waals surface area contributed by atoms with Crippen LogP contribution < -0.4 is 9.24 Å². The first kappa shape index (κ1) is 7.70. The van der Waals surface area contributed by atoms with Crippen LogP contribution >= 0.6 is 0 Å². The molecule has 1 rings (SSSR count). The van der Waals surface area contributed by atoms with Crippen LogP contribution in [0.15, 0.2) is 24.3 Å². The van der Waals surface area contributed by atoms with Gasteiger partial charge in [0.25, 0.3) is 0 Å². The number of nitrogen functional groups attached to an aromatic ring is 1. The number of anilines is 1. The zero-order valence-electron chi connectivity index (χ0n) is 5.19. The van der Waals surface area contributed by atoms with Gasteiger partial charge < -0.3 is 0 Å².